The van der Waals surface area contributed by atoms with Crippen LogP contribution in [0.3, 0.4) is 0 Å². The van der Waals surface area contributed by atoms with Crippen LogP contribution < -0.4 is 0 Å². The Balaban J connectivity index is 2.04. The molecule has 0 fully saturated rings. The van der Waals surface area contributed by atoms with Crippen molar-refractivity contribution < 1.29 is 9.53 Å². The van der Waals surface area contributed by atoms with E-state index in [0.29, 0.717) is 11.8 Å². The second-order valence-corrected chi connectivity index (χ2v) is 4.07. The molecule has 0 saturated carbocycles. The molecule has 2 heteroatoms. The Labute approximate surface area is 90.3 Å². The van der Waals surface area contributed by atoms with Crippen molar-refractivity contribution in [2.45, 2.75) is 19.3 Å². The van der Waals surface area contributed by atoms with Crippen molar-refractivity contribution in [3.8, 4) is 0 Å². The van der Waals surface area contributed by atoms with Gasteiger partial charge in [0.15, 0.2) is 0 Å². The van der Waals surface area contributed by atoms with E-state index in [-0.39, 0.29) is 5.97 Å². The Bertz CT molecular complexity index is 336. The van der Waals surface area contributed by atoms with Crippen molar-refractivity contribution in [3.05, 3.63) is 36.0 Å². The van der Waals surface area contributed by atoms with Gasteiger partial charge in [0.1, 0.15) is 0 Å². The van der Waals surface area contributed by atoms with Crippen molar-refractivity contribution in [1.29, 1.82) is 0 Å². The summed E-state index contributed by atoms with van der Waals surface area (Å²) in [5, 5.41) is 0. The molecule has 80 valence electrons. The van der Waals surface area contributed by atoms with Crippen LogP contribution in [-0.4, -0.2) is 13.1 Å². The highest BCUT2D eigenvalue weighted by atomic mass is 16.5. The van der Waals surface area contributed by atoms with E-state index in [1.54, 1.807) is 6.08 Å². The number of carbonyl (C=O) groups is 1. The van der Waals surface area contributed by atoms with E-state index in [1.807, 2.05) is 6.08 Å². The smallest absolute Gasteiger partial charge is 0.330 e. The van der Waals surface area contributed by atoms with E-state index < -0.39 is 0 Å². The first-order chi connectivity index (χ1) is 7.31. The van der Waals surface area contributed by atoms with Crippen LogP contribution >= 0.6 is 0 Å². The zero-order chi connectivity index (χ0) is 10.7. The molecule has 2 atom stereocenters. The van der Waals surface area contributed by atoms with Gasteiger partial charge in [0, 0.05) is 6.08 Å². The highest BCUT2D eigenvalue weighted by molar-refractivity contribution is 5.81. The summed E-state index contributed by atoms with van der Waals surface area (Å²) in [5.74, 6) is 0.840. The molecule has 0 N–H and O–H groups in total. The predicted molar refractivity (Wildman–Crippen MR) is 59.2 cm³/mol. The van der Waals surface area contributed by atoms with Gasteiger partial charge in [-0.15, -0.1) is 0 Å². The van der Waals surface area contributed by atoms with E-state index in [4.69, 9.17) is 0 Å². The molecule has 15 heavy (non-hydrogen) atoms. The number of hydrogen-bond acceptors (Lipinski definition) is 2. The van der Waals surface area contributed by atoms with Crippen molar-refractivity contribution in [2.24, 2.45) is 11.8 Å². The Morgan fingerprint density at radius 3 is 3.27 bits per heavy atom. The maximum Gasteiger partial charge on any atom is 0.330 e. The maximum absolute atomic E-state index is 11.0. The lowest BCUT2D eigenvalue weighted by Gasteiger charge is -2.24. The van der Waals surface area contributed by atoms with Gasteiger partial charge in [0.2, 0.25) is 0 Å². The van der Waals surface area contributed by atoms with Crippen molar-refractivity contribution >= 4 is 5.97 Å². The largest absolute Gasteiger partial charge is 0.466 e. The molecule has 2 rings (SSSR count). The molecule has 0 bridgehead atoms. The fourth-order valence-corrected chi connectivity index (χ4v) is 2.41. The first kappa shape index (κ1) is 10.2. The topological polar surface area (TPSA) is 26.3 Å². The molecule has 0 saturated heterocycles. The Kier molecular flexibility index (Phi) is 3.05. The van der Waals surface area contributed by atoms with E-state index in [9.17, 15) is 4.79 Å². The van der Waals surface area contributed by atoms with Crippen LogP contribution in [0.1, 0.15) is 19.3 Å². The summed E-state index contributed by atoms with van der Waals surface area (Å²) in [4.78, 5) is 11.0. The third kappa shape index (κ3) is 2.20. The van der Waals surface area contributed by atoms with Crippen LogP contribution in [0.25, 0.3) is 0 Å². The first-order valence-corrected chi connectivity index (χ1v) is 5.44. The molecule has 0 aromatic carbocycles. The molecule has 0 aliphatic heterocycles. The van der Waals surface area contributed by atoms with E-state index >= 15 is 0 Å². The van der Waals surface area contributed by atoms with Gasteiger partial charge in [-0.25, -0.2) is 4.79 Å². The molecule has 0 aromatic heterocycles. The summed E-state index contributed by atoms with van der Waals surface area (Å²) in [6.45, 7) is 0. The first-order valence-electron chi connectivity index (χ1n) is 5.44. The molecule has 0 amide bonds. The highest BCUT2D eigenvalue weighted by Crippen LogP contribution is 2.38. The monoisotopic (exact) mass is 204 g/mol. The highest BCUT2D eigenvalue weighted by Gasteiger charge is 2.26. The molecule has 2 nitrogen and oxygen atoms in total. The number of ether oxygens (including phenoxy) is 1. The summed E-state index contributed by atoms with van der Waals surface area (Å²) in [6, 6.07) is 0. The minimum absolute atomic E-state index is 0.256. The number of methoxy groups -OCH3 is 1. The molecule has 2 aliphatic carbocycles. The fraction of sp³-hybridized carbons (Fsp3) is 0.462. The average molecular weight is 204 g/mol. The van der Waals surface area contributed by atoms with Gasteiger partial charge in [0.05, 0.1) is 7.11 Å². The number of fused-ring (bicyclic) bond motifs is 1. The second kappa shape index (κ2) is 4.47. The summed E-state index contributed by atoms with van der Waals surface area (Å²) in [6.07, 6.45) is 13.7. The molecular weight excluding hydrogens is 188 g/mol. The number of rotatable bonds is 2. The Hall–Kier alpha value is -1.31. The van der Waals surface area contributed by atoms with Gasteiger partial charge in [-0.2, -0.15) is 0 Å². The van der Waals surface area contributed by atoms with Crippen molar-refractivity contribution in [3.63, 3.8) is 0 Å². The zero-order valence-corrected chi connectivity index (χ0v) is 8.98. The van der Waals surface area contributed by atoms with Gasteiger partial charge >= 0.3 is 5.97 Å². The number of allylic oxidation sites excluding steroid dienone is 5. The lowest BCUT2D eigenvalue weighted by atomic mass is 9.80. The molecule has 0 heterocycles. The fourth-order valence-electron chi connectivity index (χ4n) is 2.41. The third-order valence-corrected chi connectivity index (χ3v) is 3.20. The third-order valence-electron chi connectivity index (χ3n) is 3.20. The van der Waals surface area contributed by atoms with Crippen molar-refractivity contribution in [2.75, 3.05) is 7.11 Å². The van der Waals surface area contributed by atoms with Crippen LogP contribution in [-0.2, 0) is 9.53 Å². The lowest BCUT2D eigenvalue weighted by Crippen LogP contribution is -2.14. The van der Waals surface area contributed by atoms with Gasteiger partial charge in [-0.05, 0) is 36.7 Å². The summed E-state index contributed by atoms with van der Waals surface area (Å²) in [7, 11) is 1.41. The minimum Gasteiger partial charge on any atom is -0.466 e. The van der Waals surface area contributed by atoms with Crippen LogP contribution in [0.2, 0.25) is 0 Å². The van der Waals surface area contributed by atoms with Crippen LogP contribution in [0.15, 0.2) is 36.0 Å². The SMILES string of the molecule is COC(=O)/C=C/C1CC=CC2=CCCC21. The van der Waals surface area contributed by atoms with Crippen LogP contribution in [0.4, 0.5) is 0 Å². The molecule has 0 spiro atoms. The standard InChI is InChI=1S/C13H16O2/c1-15-13(14)9-8-11-5-2-4-10-6-3-7-12(10)11/h2,4,6,8-9,11-12H,3,5,7H2,1H3/b9-8+. The molecular formula is C13H16O2. The molecule has 2 unspecified atom stereocenters. The number of esters is 1. The van der Waals surface area contributed by atoms with Gasteiger partial charge in [-0.1, -0.05) is 24.3 Å². The number of carbonyl (C=O) groups excluding carboxylic acids is 1. The van der Waals surface area contributed by atoms with Crippen LogP contribution in [0.5, 0.6) is 0 Å². The van der Waals surface area contributed by atoms with E-state index in [0.717, 1.165) is 6.42 Å². The molecule has 0 aromatic rings. The van der Waals surface area contributed by atoms with Gasteiger partial charge < -0.3 is 4.74 Å². The Morgan fingerprint density at radius 2 is 2.47 bits per heavy atom. The average Bonchev–Trinajstić information content (AvgIpc) is 2.74. The quantitative estimate of drug-likeness (QED) is 0.510. The zero-order valence-electron chi connectivity index (χ0n) is 8.98. The van der Waals surface area contributed by atoms with Crippen LogP contribution in [0, 0.1) is 11.8 Å². The van der Waals surface area contributed by atoms with E-state index in [2.05, 4.69) is 23.0 Å². The summed E-state index contributed by atoms with van der Waals surface area (Å²) in [5.41, 5.74) is 1.45. The molecule has 2 aliphatic rings. The van der Waals surface area contributed by atoms with Gasteiger partial charge in [0.25, 0.3) is 0 Å². The van der Waals surface area contributed by atoms with Gasteiger partial charge in [-0.3, -0.25) is 0 Å². The molecule has 0 radical (unpaired) electrons. The minimum atomic E-state index is -0.256. The number of hydrogen-bond donors (Lipinski definition) is 0. The summed E-state index contributed by atoms with van der Waals surface area (Å²) >= 11 is 0. The maximum atomic E-state index is 11.0. The summed E-state index contributed by atoms with van der Waals surface area (Å²) < 4.78 is 4.59. The lowest BCUT2D eigenvalue weighted by molar-refractivity contribution is -0.134. The van der Waals surface area contributed by atoms with Crippen molar-refractivity contribution in [1.82, 2.24) is 0 Å². The predicted octanol–water partition coefficient (Wildman–Crippen LogP) is 2.63. The Morgan fingerprint density at radius 1 is 1.60 bits per heavy atom. The van der Waals surface area contributed by atoms with E-state index in [1.165, 1.54) is 25.5 Å². The normalized spacial score (nSPS) is 29.0. The second-order valence-electron chi connectivity index (χ2n) is 4.07.